The van der Waals surface area contributed by atoms with Crippen molar-refractivity contribution in [1.29, 1.82) is 0 Å². The first kappa shape index (κ1) is 12.9. The quantitative estimate of drug-likeness (QED) is 0.511. The Kier molecular flexibility index (Phi) is 3.25. The van der Waals surface area contributed by atoms with E-state index in [1.165, 1.54) is 17.2 Å². The molecule has 1 saturated heterocycles. The number of fused-ring (bicyclic) bond motifs is 1. The fraction of sp³-hybridized carbons (Fsp3) is 0.500. The van der Waals surface area contributed by atoms with Crippen molar-refractivity contribution < 1.29 is 20.1 Å². The normalized spacial score (nSPS) is 31.1. The molecule has 3 heterocycles. The molecule has 2 aromatic rings. The molecule has 101 valence electrons. The molecule has 9 heteroatoms. The van der Waals surface area contributed by atoms with Crippen molar-refractivity contribution in [3.8, 4) is 0 Å². The standard InChI is InChI=1S/C10H11N4O4Se/c15-1-4-6(16)7(17)10(18-4)14-3-13-5-8(14)11-2-12-9(5)19/h2-4,6-7,10,15-17H,1H2/t4-,6-,7-,10?/m1/s1. The van der Waals surface area contributed by atoms with E-state index in [0.29, 0.717) is 15.8 Å². The Balaban J connectivity index is 2.04. The minimum atomic E-state index is -1.16. The predicted molar refractivity (Wildman–Crippen MR) is 63.7 cm³/mol. The summed E-state index contributed by atoms with van der Waals surface area (Å²) in [5.74, 6) is 0. The Morgan fingerprint density at radius 1 is 1.26 bits per heavy atom. The third-order valence-electron chi connectivity index (χ3n) is 3.12. The van der Waals surface area contributed by atoms with Gasteiger partial charge in [-0.3, -0.25) is 0 Å². The molecule has 0 spiro atoms. The van der Waals surface area contributed by atoms with Crippen LogP contribution in [0.4, 0.5) is 0 Å². The van der Waals surface area contributed by atoms with Crippen LogP contribution in [-0.4, -0.2) is 75.8 Å². The fourth-order valence-corrected chi connectivity index (χ4v) is 2.53. The van der Waals surface area contributed by atoms with E-state index in [1.54, 1.807) is 0 Å². The van der Waals surface area contributed by atoms with Crippen LogP contribution in [0.15, 0.2) is 12.7 Å². The topological polar surface area (TPSA) is 114 Å². The van der Waals surface area contributed by atoms with Crippen molar-refractivity contribution in [2.45, 2.75) is 24.5 Å². The van der Waals surface area contributed by atoms with Crippen LogP contribution in [0, 0.1) is 0 Å². The maximum absolute atomic E-state index is 9.97. The first-order valence-corrected chi connectivity index (χ1v) is 6.46. The van der Waals surface area contributed by atoms with E-state index in [1.807, 2.05) is 0 Å². The zero-order chi connectivity index (χ0) is 13.6. The van der Waals surface area contributed by atoms with Crippen molar-refractivity contribution in [2.24, 2.45) is 0 Å². The predicted octanol–water partition coefficient (Wildman–Crippen LogP) is -2.77. The SMILES string of the molecule is OC[C@H]1OC(n2cnc3c([Se])ncnc32)[C@H](O)[C@@H]1O. The van der Waals surface area contributed by atoms with Gasteiger partial charge in [0.25, 0.3) is 0 Å². The van der Waals surface area contributed by atoms with Crippen molar-refractivity contribution in [2.75, 3.05) is 6.61 Å². The number of rotatable bonds is 2. The van der Waals surface area contributed by atoms with Gasteiger partial charge in [-0.25, -0.2) is 0 Å². The second-order valence-corrected chi connectivity index (χ2v) is 5.04. The molecule has 1 unspecified atom stereocenters. The van der Waals surface area contributed by atoms with E-state index in [0.717, 1.165) is 0 Å². The van der Waals surface area contributed by atoms with Gasteiger partial charge < -0.3 is 0 Å². The third kappa shape index (κ3) is 1.95. The van der Waals surface area contributed by atoms with Gasteiger partial charge in [0.1, 0.15) is 0 Å². The van der Waals surface area contributed by atoms with E-state index in [-0.39, 0.29) is 6.61 Å². The molecule has 8 nitrogen and oxygen atoms in total. The number of imidazole rings is 1. The molecule has 0 saturated carbocycles. The number of nitrogens with zero attached hydrogens (tertiary/aromatic N) is 4. The second-order valence-electron chi connectivity index (χ2n) is 4.23. The van der Waals surface area contributed by atoms with Gasteiger partial charge in [0.05, 0.1) is 0 Å². The van der Waals surface area contributed by atoms with Gasteiger partial charge in [-0.2, -0.15) is 0 Å². The Morgan fingerprint density at radius 2 is 2.05 bits per heavy atom. The molecule has 3 rings (SSSR count). The first-order valence-electron chi connectivity index (χ1n) is 5.60. The van der Waals surface area contributed by atoms with E-state index in [2.05, 4.69) is 31.0 Å². The van der Waals surface area contributed by atoms with Crippen LogP contribution in [0.3, 0.4) is 0 Å². The first-order chi connectivity index (χ1) is 9.13. The molecular formula is C10H11N4O4Se. The van der Waals surface area contributed by atoms with Crippen molar-refractivity contribution in [3.63, 3.8) is 0 Å². The summed E-state index contributed by atoms with van der Waals surface area (Å²) in [7, 11) is 0. The van der Waals surface area contributed by atoms with E-state index >= 15 is 0 Å². The van der Waals surface area contributed by atoms with Crippen LogP contribution in [0.25, 0.3) is 11.2 Å². The van der Waals surface area contributed by atoms with Gasteiger partial charge in [0.2, 0.25) is 0 Å². The molecule has 1 aliphatic heterocycles. The van der Waals surface area contributed by atoms with E-state index in [4.69, 9.17) is 9.84 Å². The number of ether oxygens (including phenoxy) is 1. The van der Waals surface area contributed by atoms with Gasteiger partial charge in [0, 0.05) is 0 Å². The number of aromatic nitrogens is 4. The third-order valence-corrected chi connectivity index (χ3v) is 3.74. The Morgan fingerprint density at radius 3 is 2.74 bits per heavy atom. The van der Waals surface area contributed by atoms with Crippen LogP contribution in [0.1, 0.15) is 6.23 Å². The number of aliphatic hydroxyl groups excluding tert-OH is 3. The molecule has 0 aliphatic carbocycles. The van der Waals surface area contributed by atoms with Gasteiger partial charge >= 0.3 is 115 Å². The molecule has 1 aliphatic rings. The van der Waals surface area contributed by atoms with Crippen LogP contribution in [-0.2, 0) is 4.74 Å². The molecule has 1 fully saturated rings. The molecule has 2 aromatic heterocycles. The molecule has 0 aromatic carbocycles. The fourth-order valence-electron chi connectivity index (χ4n) is 2.13. The average Bonchev–Trinajstić information content (AvgIpc) is 2.94. The number of aliphatic hydroxyl groups is 3. The van der Waals surface area contributed by atoms with Crippen LogP contribution < -0.4 is 4.59 Å². The zero-order valence-corrected chi connectivity index (χ0v) is 11.3. The summed E-state index contributed by atoms with van der Waals surface area (Å²) in [4.78, 5) is 12.2. The Hall–Kier alpha value is -1.09. The minimum absolute atomic E-state index is 0.372. The summed E-state index contributed by atoms with van der Waals surface area (Å²) in [5.41, 5.74) is 1.04. The van der Waals surface area contributed by atoms with Crippen molar-refractivity contribution in [1.82, 2.24) is 19.5 Å². The maximum atomic E-state index is 9.97. The van der Waals surface area contributed by atoms with Crippen LogP contribution in [0.5, 0.6) is 0 Å². The van der Waals surface area contributed by atoms with Gasteiger partial charge in [-0.05, 0) is 0 Å². The number of hydrogen-bond acceptors (Lipinski definition) is 7. The molecular weight excluding hydrogens is 319 g/mol. The van der Waals surface area contributed by atoms with E-state index in [9.17, 15) is 10.2 Å². The van der Waals surface area contributed by atoms with Crippen LogP contribution in [0.2, 0.25) is 0 Å². The summed E-state index contributed by atoms with van der Waals surface area (Å²) >= 11 is 2.77. The Bertz CT molecular complexity index is 606. The zero-order valence-electron chi connectivity index (χ0n) is 9.62. The van der Waals surface area contributed by atoms with Crippen molar-refractivity contribution in [3.05, 3.63) is 12.7 Å². The van der Waals surface area contributed by atoms with Crippen molar-refractivity contribution >= 4 is 31.8 Å². The molecule has 1 radical (unpaired) electrons. The average molecular weight is 330 g/mol. The summed E-state index contributed by atoms with van der Waals surface area (Å²) in [6.45, 7) is -0.372. The van der Waals surface area contributed by atoms with Gasteiger partial charge in [0.15, 0.2) is 0 Å². The molecule has 19 heavy (non-hydrogen) atoms. The number of hydrogen-bond donors (Lipinski definition) is 3. The summed E-state index contributed by atoms with van der Waals surface area (Å²) in [6.07, 6.45) is -1.15. The van der Waals surface area contributed by atoms with Crippen LogP contribution >= 0.6 is 0 Å². The molecule has 4 atom stereocenters. The van der Waals surface area contributed by atoms with Gasteiger partial charge in [-0.15, -0.1) is 0 Å². The monoisotopic (exact) mass is 331 g/mol. The second kappa shape index (κ2) is 4.78. The summed E-state index contributed by atoms with van der Waals surface area (Å²) in [6, 6.07) is 0. The van der Waals surface area contributed by atoms with E-state index < -0.39 is 24.5 Å². The summed E-state index contributed by atoms with van der Waals surface area (Å²) in [5, 5.41) is 28.8. The Labute approximate surface area is 115 Å². The van der Waals surface area contributed by atoms with Gasteiger partial charge in [-0.1, -0.05) is 0 Å². The molecule has 3 N–H and O–H groups in total. The molecule has 0 bridgehead atoms. The summed E-state index contributed by atoms with van der Waals surface area (Å²) < 4.78 is 7.54. The molecule has 0 amide bonds.